The zero-order chi connectivity index (χ0) is 13.8. The van der Waals surface area contributed by atoms with E-state index in [1.54, 1.807) is 6.92 Å². The van der Waals surface area contributed by atoms with Crippen molar-refractivity contribution >= 4 is 11.4 Å². The van der Waals surface area contributed by atoms with E-state index in [1.807, 2.05) is 47.9 Å². The molecular weight excluding hydrogens is 246 g/mol. The molecule has 1 aromatic heterocycles. The molecule has 0 spiro atoms. The van der Waals surface area contributed by atoms with Crippen LogP contribution in [0.5, 0.6) is 0 Å². The third kappa shape index (κ3) is 3.41. The average Bonchev–Trinajstić information content (AvgIpc) is 2.39. The summed E-state index contributed by atoms with van der Waals surface area (Å²) in [5.41, 5.74) is 3.84. The molecule has 0 fully saturated rings. The van der Waals surface area contributed by atoms with Gasteiger partial charge in [-0.1, -0.05) is 36.9 Å². The van der Waals surface area contributed by atoms with E-state index in [2.05, 4.69) is 18.7 Å². The first kappa shape index (κ1) is 15.8. The fourth-order valence-corrected chi connectivity index (χ4v) is 2.16. The van der Waals surface area contributed by atoms with Crippen LogP contribution in [0.15, 0.2) is 55.1 Å². The largest absolute Gasteiger partial charge is 0.358 e. The van der Waals surface area contributed by atoms with Crippen molar-refractivity contribution in [3.8, 4) is 0 Å². The molecule has 2 heteroatoms. The van der Waals surface area contributed by atoms with E-state index in [4.69, 9.17) is 0 Å². The molecule has 0 N–H and O–H groups in total. The maximum atomic E-state index is 11.8. The van der Waals surface area contributed by atoms with Gasteiger partial charge in [-0.2, -0.15) is 4.57 Å². The van der Waals surface area contributed by atoms with Gasteiger partial charge in [0.25, 0.3) is 0 Å². The molecule has 1 aromatic carbocycles. The van der Waals surface area contributed by atoms with Gasteiger partial charge in [0, 0.05) is 30.2 Å². The second-order valence-corrected chi connectivity index (χ2v) is 4.70. The van der Waals surface area contributed by atoms with Crippen molar-refractivity contribution in [1.29, 1.82) is 0 Å². The third-order valence-corrected chi connectivity index (χ3v) is 3.07. The number of hydrogen-bond donors (Lipinski definition) is 0. The number of rotatable bonds is 4. The number of pyridine rings is 1. The van der Waals surface area contributed by atoms with E-state index in [1.165, 1.54) is 5.56 Å². The second-order valence-electron chi connectivity index (χ2n) is 4.70. The number of carbonyl (C=O) groups excluding carboxylic acids is 1. The molecule has 2 aromatic rings. The molecule has 0 radical (unpaired) electrons. The lowest BCUT2D eigenvalue weighted by Gasteiger charge is -2.07. The summed E-state index contributed by atoms with van der Waals surface area (Å²) < 4.78 is 2.03. The standard InChI is InChI=1S/C17H18NO.CH3/c1-13(2)16-10-7-11-17(14(3)19)18(16)12-15-8-5-4-6-9-15;/h4-11H,1,12H2,2-3H3;1H3/q+1;-1. The van der Waals surface area contributed by atoms with Crippen LogP contribution in [-0.2, 0) is 6.54 Å². The predicted octanol–water partition coefficient (Wildman–Crippen LogP) is 3.71. The molecule has 0 atom stereocenters. The summed E-state index contributed by atoms with van der Waals surface area (Å²) in [6.07, 6.45) is 0. The van der Waals surface area contributed by atoms with Crippen LogP contribution in [0, 0.1) is 7.43 Å². The molecule has 0 amide bonds. The Morgan fingerprint density at radius 2 is 1.60 bits per heavy atom. The van der Waals surface area contributed by atoms with E-state index >= 15 is 0 Å². The normalized spacial score (nSPS) is 9.70. The SMILES string of the molecule is C=C(C)c1cccc(C(C)=O)[n+]1Cc1ccccc1.[CH3-]. The Labute approximate surface area is 121 Å². The molecule has 0 aliphatic heterocycles. The van der Waals surface area contributed by atoms with E-state index in [0.29, 0.717) is 12.2 Å². The highest BCUT2D eigenvalue weighted by atomic mass is 16.1. The quantitative estimate of drug-likeness (QED) is 0.470. The molecule has 104 valence electrons. The van der Waals surface area contributed by atoms with Gasteiger partial charge in [-0.15, -0.1) is 0 Å². The molecule has 0 saturated carbocycles. The lowest BCUT2D eigenvalue weighted by Crippen LogP contribution is -2.44. The Morgan fingerprint density at radius 1 is 1.00 bits per heavy atom. The number of benzene rings is 1. The zero-order valence-electron chi connectivity index (χ0n) is 12.4. The first-order valence-corrected chi connectivity index (χ1v) is 6.33. The molecule has 0 aliphatic rings. The lowest BCUT2D eigenvalue weighted by molar-refractivity contribution is -0.692. The number of carbonyl (C=O) groups is 1. The van der Waals surface area contributed by atoms with Crippen LogP contribution in [0.2, 0.25) is 0 Å². The minimum absolute atomic E-state index is 0. The van der Waals surface area contributed by atoms with Crippen LogP contribution in [-0.4, -0.2) is 5.78 Å². The first-order chi connectivity index (χ1) is 9.09. The van der Waals surface area contributed by atoms with Gasteiger partial charge in [0.15, 0.2) is 6.54 Å². The van der Waals surface area contributed by atoms with Crippen LogP contribution in [0.25, 0.3) is 5.57 Å². The number of ketones is 1. The van der Waals surface area contributed by atoms with Crippen molar-refractivity contribution in [2.75, 3.05) is 0 Å². The van der Waals surface area contributed by atoms with E-state index in [-0.39, 0.29) is 13.2 Å². The van der Waals surface area contributed by atoms with Gasteiger partial charge >= 0.3 is 0 Å². The molecule has 20 heavy (non-hydrogen) atoms. The van der Waals surface area contributed by atoms with Crippen molar-refractivity contribution in [2.24, 2.45) is 0 Å². The van der Waals surface area contributed by atoms with Crippen molar-refractivity contribution in [2.45, 2.75) is 20.4 Å². The molecule has 0 unspecified atom stereocenters. The fourth-order valence-electron chi connectivity index (χ4n) is 2.16. The number of Topliss-reactive ketones (excluding diaryl/α,β-unsaturated/α-hetero) is 1. The maximum Gasteiger partial charge on any atom is 0.249 e. The Bertz CT molecular complexity index is 582. The number of allylic oxidation sites excluding steroid dienone is 1. The zero-order valence-corrected chi connectivity index (χ0v) is 12.4. The van der Waals surface area contributed by atoms with E-state index in [0.717, 1.165) is 11.3 Å². The monoisotopic (exact) mass is 267 g/mol. The minimum atomic E-state index is 0. The average molecular weight is 267 g/mol. The molecule has 1 heterocycles. The molecule has 0 saturated heterocycles. The van der Waals surface area contributed by atoms with Crippen LogP contribution in [0.4, 0.5) is 0 Å². The Kier molecular flexibility index (Phi) is 5.39. The van der Waals surface area contributed by atoms with Gasteiger partial charge in [-0.3, -0.25) is 4.79 Å². The summed E-state index contributed by atoms with van der Waals surface area (Å²) >= 11 is 0. The first-order valence-electron chi connectivity index (χ1n) is 6.33. The van der Waals surface area contributed by atoms with E-state index in [9.17, 15) is 4.79 Å². The fraction of sp³-hybridized carbons (Fsp3) is 0.167. The number of nitrogens with zero attached hydrogens (tertiary/aromatic N) is 1. The van der Waals surface area contributed by atoms with Gasteiger partial charge in [0.1, 0.15) is 0 Å². The van der Waals surface area contributed by atoms with Gasteiger partial charge in [0.2, 0.25) is 17.2 Å². The van der Waals surface area contributed by atoms with Crippen molar-refractivity contribution < 1.29 is 9.36 Å². The summed E-state index contributed by atoms with van der Waals surface area (Å²) in [5.74, 6) is 0.0685. The van der Waals surface area contributed by atoms with Crippen LogP contribution in [0.1, 0.15) is 35.6 Å². The molecular formula is C18H21NO. The van der Waals surface area contributed by atoms with Gasteiger partial charge in [-0.05, 0) is 13.0 Å². The maximum absolute atomic E-state index is 11.8. The van der Waals surface area contributed by atoms with Crippen LogP contribution in [0.3, 0.4) is 0 Å². The highest BCUT2D eigenvalue weighted by molar-refractivity contribution is 5.90. The summed E-state index contributed by atoms with van der Waals surface area (Å²) in [7, 11) is 0. The molecule has 2 rings (SSSR count). The number of aromatic nitrogens is 1. The molecule has 0 bridgehead atoms. The Hall–Kier alpha value is -2.22. The minimum Gasteiger partial charge on any atom is -0.358 e. The van der Waals surface area contributed by atoms with Crippen molar-refractivity contribution in [3.05, 3.63) is 79.5 Å². The van der Waals surface area contributed by atoms with Crippen molar-refractivity contribution in [1.82, 2.24) is 0 Å². The summed E-state index contributed by atoms with van der Waals surface area (Å²) in [6.45, 7) is 8.23. The van der Waals surface area contributed by atoms with Gasteiger partial charge in [0.05, 0.1) is 0 Å². The Balaban J connectivity index is 0.00000200. The van der Waals surface area contributed by atoms with E-state index < -0.39 is 0 Å². The topological polar surface area (TPSA) is 20.9 Å². The highest BCUT2D eigenvalue weighted by Crippen LogP contribution is 2.09. The highest BCUT2D eigenvalue weighted by Gasteiger charge is 2.20. The van der Waals surface area contributed by atoms with Gasteiger partial charge < -0.3 is 7.43 Å². The summed E-state index contributed by atoms with van der Waals surface area (Å²) in [6, 6.07) is 15.9. The van der Waals surface area contributed by atoms with Crippen molar-refractivity contribution in [3.63, 3.8) is 0 Å². The Morgan fingerprint density at radius 3 is 2.15 bits per heavy atom. The molecule has 0 aliphatic carbocycles. The van der Waals surface area contributed by atoms with Crippen LogP contribution >= 0.6 is 0 Å². The summed E-state index contributed by atoms with van der Waals surface area (Å²) in [5, 5.41) is 0. The van der Waals surface area contributed by atoms with Crippen LogP contribution < -0.4 is 4.57 Å². The number of hydrogen-bond acceptors (Lipinski definition) is 1. The smallest absolute Gasteiger partial charge is 0.249 e. The molecule has 2 nitrogen and oxygen atoms in total. The lowest BCUT2D eigenvalue weighted by atomic mass is 10.1. The summed E-state index contributed by atoms with van der Waals surface area (Å²) in [4.78, 5) is 11.8. The predicted molar refractivity (Wildman–Crippen MR) is 83.3 cm³/mol. The second kappa shape index (κ2) is 6.80. The van der Waals surface area contributed by atoms with Gasteiger partial charge in [-0.25, -0.2) is 0 Å². The third-order valence-electron chi connectivity index (χ3n) is 3.07.